The molecule has 21 heavy (non-hydrogen) atoms. The highest BCUT2D eigenvalue weighted by Crippen LogP contribution is 2.14. The van der Waals surface area contributed by atoms with Gasteiger partial charge in [0.05, 0.1) is 7.11 Å². The van der Waals surface area contributed by atoms with Gasteiger partial charge in [-0.05, 0) is 35.9 Å². The fourth-order valence-electron chi connectivity index (χ4n) is 1.69. The van der Waals surface area contributed by atoms with Crippen molar-refractivity contribution in [2.24, 2.45) is 0 Å². The summed E-state index contributed by atoms with van der Waals surface area (Å²) in [6.07, 6.45) is 3.50. The van der Waals surface area contributed by atoms with E-state index in [1.807, 2.05) is 30.3 Å². The van der Waals surface area contributed by atoms with E-state index in [9.17, 15) is 9.59 Å². The average molecular weight is 285 g/mol. The van der Waals surface area contributed by atoms with E-state index in [0.717, 1.165) is 11.3 Å². The Kier molecular flexibility index (Phi) is 4.56. The monoisotopic (exact) mass is 285 g/mol. The molecular weight excluding hydrogens is 270 g/mol. The van der Waals surface area contributed by atoms with E-state index in [1.165, 1.54) is 13.0 Å². The van der Waals surface area contributed by atoms with Crippen molar-refractivity contribution in [1.82, 2.24) is 0 Å². The van der Waals surface area contributed by atoms with Crippen LogP contribution >= 0.6 is 0 Å². The molecule has 108 valence electrons. The number of methoxy groups -OCH3 is 1. The lowest BCUT2D eigenvalue weighted by atomic mass is 10.2. The summed E-state index contributed by atoms with van der Waals surface area (Å²) in [6.45, 7) is 1.33. The van der Waals surface area contributed by atoms with Crippen molar-refractivity contribution in [1.29, 1.82) is 0 Å². The van der Waals surface area contributed by atoms with Crippen molar-refractivity contribution in [3.63, 3.8) is 0 Å². The lowest BCUT2D eigenvalue weighted by Gasteiger charge is -2.00. The zero-order chi connectivity index (χ0) is 15.2. The summed E-state index contributed by atoms with van der Waals surface area (Å²) in [4.78, 5) is 22.5. The first-order chi connectivity index (χ1) is 10.1. The fourth-order valence-corrected chi connectivity index (χ4v) is 1.69. The summed E-state index contributed by atoms with van der Waals surface area (Å²) >= 11 is 0. The topological polar surface area (TPSA) is 68.5 Å². The second-order valence-corrected chi connectivity index (χ2v) is 4.33. The van der Waals surface area contributed by atoms with Crippen LogP contribution in [0.25, 0.3) is 12.2 Å². The van der Waals surface area contributed by atoms with E-state index in [2.05, 4.69) is 5.32 Å². The molecule has 0 aliphatic rings. The number of anilines is 1. The average Bonchev–Trinajstić information content (AvgIpc) is 2.48. The van der Waals surface area contributed by atoms with Crippen LogP contribution in [0.15, 0.2) is 45.6 Å². The summed E-state index contributed by atoms with van der Waals surface area (Å²) in [5.41, 5.74) is 0.496. The van der Waals surface area contributed by atoms with Crippen molar-refractivity contribution in [2.45, 2.75) is 6.92 Å². The van der Waals surface area contributed by atoms with Gasteiger partial charge in [-0.15, -0.1) is 0 Å². The van der Waals surface area contributed by atoms with E-state index < -0.39 is 5.63 Å². The first kappa shape index (κ1) is 14.6. The van der Waals surface area contributed by atoms with Gasteiger partial charge in [0, 0.05) is 6.92 Å². The van der Waals surface area contributed by atoms with Crippen molar-refractivity contribution in [3.8, 4) is 5.75 Å². The summed E-state index contributed by atoms with van der Waals surface area (Å²) in [7, 11) is 1.61. The lowest BCUT2D eigenvalue weighted by molar-refractivity contribution is -0.114. The minimum absolute atomic E-state index is 0.129. The number of hydrogen-bond donors (Lipinski definition) is 1. The molecule has 0 spiro atoms. The summed E-state index contributed by atoms with van der Waals surface area (Å²) < 4.78 is 10.2. The van der Waals surface area contributed by atoms with Crippen LogP contribution in [-0.4, -0.2) is 13.0 Å². The highest BCUT2D eigenvalue weighted by atomic mass is 16.5. The molecule has 2 rings (SSSR count). The molecule has 2 aromatic rings. The van der Waals surface area contributed by atoms with Gasteiger partial charge in [-0.25, -0.2) is 4.79 Å². The van der Waals surface area contributed by atoms with E-state index in [4.69, 9.17) is 9.15 Å². The molecule has 0 radical (unpaired) electrons. The molecule has 1 aromatic carbocycles. The normalized spacial score (nSPS) is 10.6. The van der Waals surface area contributed by atoms with E-state index in [1.54, 1.807) is 19.3 Å². The molecule has 1 amide bonds. The number of carbonyl (C=O) groups excluding carboxylic acids is 1. The predicted octanol–water partition coefficient (Wildman–Crippen LogP) is 2.78. The first-order valence-corrected chi connectivity index (χ1v) is 6.32. The Hall–Kier alpha value is -2.82. The maximum absolute atomic E-state index is 11.6. The Morgan fingerprint density at radius 3 is 2.43 bits per heavy atom. The third-order valence-electron chi connectivity index (χ3n) is 2.71. The molecule has 0 saturated carbocycles. The lowest BCUT2D eigenvalue weighted by Crippen LogP contribution is -2.14. The minimum Gasteiger partial charge on any atom is -0.497 e. The van der Waals surface area contributed by atoms with Crippen molar-refractivity contribution >= 4 is 23.7 Å². The number of ether oxygens (including phenoxy) is 1. The highest BCUT2D eigenvalue weighted by molar-refractivity contribution is 5.88. The number of benzene rings is 1. The van der Waals surface area contributed by atoms with Crippen LogP contribution in [-0.2, 0) is 4.79 Å². The predicted molar refractivity (Wildman–Crippen MR) is 81.2 cm³/mol. The van der Waals surface area contributed by atoms with Crippen LogP contribution in [0, 0.1) is 0 Å². The van der Waals surface area contributed by atoms with Gasteiger partial charge in [0.1, 0.15) is 17.2 Å². The second-order valence-electron chi connectivity index (χ2n) is 4.33. The Morgan fingerprint density at radius 1 is 1.14 bits per heavy atom. The molecule has 5 nitrogen and oxygen atoms in total. The van der Waals surface area contributed by atoms with Gasteiger partial charge in [-0.3, -0.25) is 4.79 Å². The Bertz CT molecular complexity index is 714. The van der Waals surface area contributed by atoms with Gasteiger partial charge >= 0.3 is 5.63 Å². The molecule has 0 atom stereocenters. The van der Waals surface area contributed by atoms with Gasteiger partial charge in [0.2, 0.25) is 5.91 Å². The maximum atomic E-state index is 11.6. The maximum Gasteiger partial charge on any atom is 0.360 e. The van der Waals surface area contributed by atoms with Crippen molar-refractivity contribution in [2.75, 3.05) is 12.4 Å². The van der Waals surface area contributed by atoms with Gasteiger partial charge < -0.3 is 14.5 Å². The smallest absolute Gasteiger partial charge is 0.360 e. The Morgan fingerprint density at radius 2 is 1.86 bits per heavy atom. The molecule has 1 aromatic heterocycles. The molecule has 5 heteroatoms. The zero-order valence-corrected chi connectivity index (χ0v) is 11.8. The number of hydrogen-bond acceptors (Lipinski definition) is 4. The van der Waals surface area contributed by atoms with E-state index in [-0.39, 0.29) is 11.6 Å². The third-order valence-corrected chi connectivity index (χ3v) is 2.71. The molecule has 0 saturated heterocycles. The Balaban J connectivity index is 2.15. The summed E-state index contributed by atoms with van der Waals surface area (Å²) in [5.74, 6) is 0.868. The quantitative estimate of drug-likeness (QED) is 0.937. The second kappa shape index (κ2) is 6.56. The molecule has 1 heterocycles. The number of rotatable bonds is 4. The van der Waals surface area contributed by atoms with Crippen molar-refractivity contribution < 1.29 is 13.9 Å². The van der Waals surface area contributed by atoms with Crippen LogP contribution in [0.1, 0.15) is 18.2 Å². The molecule has 0 aliphatic heterocycles. The molecule has 1 N–H and O–H groups in total. The van der Waals surface area contributed by atoms with Gasteiger partial charge in [-0.2, -0.15) is 0 Å². The zero-order valence-electron chi connectivity index (χ0n) is 11.8. The van der Waals surface area contributed by atoms with E-state index in [0.29, 0.717) is 5.76 Å². The van der Waals surface area contributed by atoms with Crippen LogP contribution in [0.5, 0.6) is 5.75 Å². The molecule has 0 unspecified atom stereocenters. The number of nitrogens with one attached hydrogen (secondary N) is 1. The highest BCUT2D eigenvalue weighted by Gasteiger charge is 2.03. The Labute approximate surface area is 121 Å². The fraction of sp³-hybridized carbons (Fsp3) is 0.125. The molecular formula is C16H15NO4. The third kappa shape index (κ3) is 4.07. The number of amides is 1. The van der Waals surface area contributed by atoms with E-state index >= 15 is 0 Å². The summed E-state index contributed by atoms with van der Waals surface area (Å²) in [5, 5.41) is 2.40. The van der Waals surface area contributed by atoms with Gasteiger partial charge in [0.25, 0.3) is 0 Å². The molecule has 0 aliphatic carbocycles. The largest absolute Gasteiger partial charge is 0.497 e. The number of carbonyl (C=O) groups is 1. The molecule has 0 bridgehead atoms. The van der Waals surface area contributed by atoms with Gasteiger partial charge in [0.15, 0.2) is 0 Å². The summed E-state index contributed by atoms with van der Waals surface area (Å²) in [6, 6.07) is 10.6. The first-order valence-electron chi connectivity index (χ1n) is 6.32. The van der Waals surface area contributed by atoms with Crippen LogP contribution in [0.2, 0.25) is 0 Å². The van der Waals surface area contributed by atoms with Gasteiger partial charge in [-0.1, -0.05) is 18.2 Å². The molecule has 0 fully saturated rings. The van der Waals surface area contributed by atoms with Crippen LogP contribution in [0.4, 0.5) is 5.69 Å². The van der Waals surface area contributed by atoms with Crippen LogP contribution in [0.3, 0.4) is 0 Å². The van der Waals surface area contributed by atoms with Crippen molar-refractivity contribution in [3.05, 3.63) is 58.1 Å². The SMILES string of the molecule is COc1ccc(/C=C/c2ccc(NC(C)=O)c(=O)o2)cc1. The minimum atomic E-state index is -0.581. The standard InChI is InChI=1S/C16H15NO4/c1-11(18)17-15-10-9-14(21-16(15)19)8-5-12-3-6-13(20-2)7-4-12/h3-10H,1-2H3,(H,17,18)/b8-5+. The van der Waals surface area contributed by atoms with Crippen LogP contribution < -0.4 is 15.7 Å².